The standard InChI is InChI=1S/C15H18N2O2S2/c18-13(16-10-15(19)5-2-1-3-6-15)12-9-21-14(17-12)11-4-7-20-8-11/h4,7-9,19H,1-3,5-6,10H2,(H,16,18). The third kappa shape index (κ3) is 3.51. The second-order valence-corrected chi connectivity index (χ2v) is 7.16. The third-order valence-corrected chi connectivity index (χ3v) is 5.44. The molecule has 0 bridgehead atoms. The molecule has 0 spiro atoms. The van der Waals surface area contributed by atoms with Crippen LogP contribution in [0.3, 0.4) is 0 Å². The summed E-state index contributed by atoms with van der Waals surface area (Å²) in [5, 5.41) is 19.9. The molecule has 21 heavy (non-hydrogen) atoms. The van der Waals surface area contributed by atoms with Crippen molar-refractivity contribution >= 4 is 28.6 Å². The van der Waals surface area contributed by atoms with Crippen LogP contribution >= 0.6 is 22.7 Å². The maximum absolute atomic E-state index is 12.1. The molecule has 0 atom stereocenters. The number of rotatable bonds is 4. The SMILES string of the molecule is O=C(NCC1(O)CCCCC1)c1csc(-c2ccsc2)n1. The number of nitrogens with one attached hydrogen (secondary N) is 1. The summed E-state index contributed by atoms with van der Waals surface area (Å²) in [6.45, 7) is 0.317. The summed E-state index contributed by atoms with van der Waals surface area (Å²) >= 11 is 3.08. The Morgan fingerprint density at radius 2 is 2.14 bits per heavy atom. The fourth-order valence-corrected chi connectivity index (χ4v) is 4.13. The largest absolute Gasteiger partial charge is 0.388 e. The zero-order chi connectivity index (χ0) is 14.7. The van der Waals surface area contributed by atoms with E-state index >= 15 is 0 Å². The molecular formula is C15H18N2O2S2. The molecule has 2 aromatic heterocycles. The van der Waals surface area contributed by atoms with E-state index < -0.39 is 5.60 Å². The van der Waals surface area contributed by atoms with Crippen molar-refractivity contribution in [3.63, 3.8) is 0 Å². The first-order valence-electron chi connectivity index (χ1n) is 7.15. The van der Waals surface area contributed by atoms with Crippen LogP contribution in [0.5, 0.6) is 0 Å². The normalized spacial score (nSPS) is 17.6. The molecule has 0 unspecified atom stereocenters. The molecule has 1 saturated carbocycles. The van der Waals surface area contributed by atoms with Gasteiger partial charge in [0, 0.05) is 22.9 Å². The lowest BCUT2D eigenvalue weighted by Crippen LogP contribution is -2.44. The Balaban J connectivity index is 1.61. The second-order valence-electron chi connectivity index (χ2n) is 5.52. The first-order valence-corrected chi connectivity index (χ1v) is 8.97. The molecule has 1 fully saturated rings. The average Bonchev–Trinajstić information content (AvgIpc) is 3.16. The number of thiazole rings is 1. The minimum absolute atomic E-state index is 0.202. The van der Waals surface area contributed by atoms with Crippen LogP contribution in [0.1, 0.15) is 42.6 Å². The molecule has 6 heteroatoms. The predicted molar refractivity (Wildman–Crippen MR) is 85.8 cm³/mol. The number of carbonyl (C=O) groups is 1. The van der Waals surface area contributed by atoms with E-state index in [0.717, 1.165) is 36.3 Å². The summed E-state index contributed by atoms with van der Waals surface area (Å²) in [5.41, 5.74) is 0.746. The van der Waals surface area contributed by atoms with Gasteiger partial charge in [-0.05, 0) is 24.3 Å². The van der Waals surface area contributed by atoms with Gasteiger partial charge in [0.15, 0.2) is 0 Å². The van der Waals surface area contributed by atoms with E-state index in [9.17, 15) is 9.90 Å². The van der Waals surface area contributed by atoms with Gasteiger partial charge < -0.3 is 10.4 Å². The Hall–Kier alpha value is -1.24. The van der Waals surface area contributed by atoms with Crippen LogP contribution in [0.2, 0.25) is 0 Å². The highest BCUT2D eigenvalue weighted by atomic mass is 32.1. The number of nitrogens with zero attached hydrogens (tertiary/aromatic N) is 1. The minimum atomic E-state index is -0.736. The van der Waals surface area contributed by atoms with Gasteiger partial charge in [0.2, 0.25) is 0 Å². The molecule has 2 N–H and O–H groups in total. The van der Waals surface area contributed by atoms with E-state index in [-0.39, 0.29) is 5.91 Å². The van der Waals surface area contributed by atoms with Crippen molar-refractivity contribution in [1.82, 2.24) is 10.3 Å². The highest BCUT2D eigenvalue weighted by molar-refractivity contribution is 7.14. The molecule has 2 heterocycles. The van der Waals surface area contributed by atoms with Gasteiger partial charge in [0.05, 0.1) is 5.60 Å². The summed E-state index contributed by atoms with van der Waals surface area (Å²) in [4.78, 5) is 16.5. The molecule has 1 amide bonds. The van der Waals surface area contributed by atoms with Crippen LogP contribution in [0, 0.1) is 0 Å². The van der Waals surface area contributed by atoms with Crippen molar-refractivity contribution in [3.8, 4) is 10.6 Å². The molecule has 2 aromatic rings. The van der Waals surface area contributed by atoms with E-state index in [4.69, 9.17) is 0 Å². The van der Waals surface area contributed by atoms with Crippen LogP contribution < -0.4 is 5.32 Å². The van der Waals surface area contributed by atoms with Crippen molar-refractivity contribution in [2.45, 2.75) is 37.7 Å². The topological polar surface area (TPSA) is 62.2 Å². The van der Waals surface area contributed by atoms with E-state index in [1.54, 1.807) is 16.7 Å². The fraction of sp³-hybridized carbons (Fsp3) is 0.467. The number of aliphatic hydroxyl groups is 1. The van der Waals surface area contributed by atoms with Gasteiger partial charge in [-0.1, -0.05) is 19.3 Å². The molecule has 0 radical (unpaired) electrons. The molecule has 112 valence electrons. The Bertz CT molecular complexity index is 601. The molecule has 4 nitrogen and oxygen atoms in total. The molecule has 0 aromatic carbocycles. The summed E-state index contributed by atoms with van der Waals surface area (Å²) in [5.74, 6) is -0.202. The van der Waals surface area contributed by atoms with Crippen molar-refractivity contribution in [1.29, 1.82) is 0 Å². The van der Waals surface area contributed by atoms with Crippen molar-refractivity contribution < 1.29 is 9.90 Å². The number of carbonyl (C=O) groups excluding carboxylic acids is 1. The van der Waals surface area contributed by atoms with Crippen molar-refractivity contribution in [2.24, 2.45) is 0 Å². The third-order valence-electron chi connectivity index (χ3n) is 3.87. The monoisotopic (exact) mass is 322 g/mol. The summed E-state index contributed by atoms with van der Waals surface area (Å²) in [6.07, 6.45) is 4.78. The predicted octanol–water partition coefficient (Wildman–Crippen LogP) is 3.30. The Morgan fingerprint density at radius 1 is 1.33 bits per heavy atom. The Morgan fingerprint density at radius 3 is 2.86 bits per heavy atom. The Kier molecular flexibility index (Phi) is 4.37. The average molecular weight is 322 g/mol. The highest BCUT2D eigenvalue weighted by Crippen LogP contribution is 2.28. The molecule has 0 aliphatic heterocycles. The van der Waals surface area contributed by atoms with Crippen LogP contribution in [0.15, 0.2) is 22.2 Å². The van der Waals surface area contributed by atoms with Gasteiger partial charge in [-0.25, -0.2) is 4.98 Å². The first-order chi connectivity index (χ1) is 10.2. The molecular weight excluding hydrogens is 304 g/mol. The van der Waals surface area contributed by atoms with Gasteiger partial charge in [0.1, 0.15) is 10.7 Å². The van der Waals surface area contributed by atoms with E-state index in [1.807, 2.05) is 16.8 Å². The lowest BCUT2D eigenvalue weighted by molar-refractivity contribution is 0.00522. The summed E-state index contributed by atoms with van der Waals surface area (Å²) in [6, 6.07) is 2.00. The van der Waals surface area contributed by atoms with Gasteiger partial charge in [-0.2, -0.15) is 11.3 Å². The zero-order valence-electron chi connectivity index (χ0n) is 11.7. The van der Waals surface area contributed by atoms with Crippen LogP contribution in [-0.4, -0.2) is 28.1 Å². The maximum Gasteiger partial charge on any atom is 0.270 e. The summed E-state index contributed by atoms with van der Waals surface area (Å²) < 4.78 is 0. The van der Waals surface area contributed by atoms with Crippen molar-refractivity contribution in [3.05, 3.63) is 27.9 Å². The van der Waals surface area contributed by atoms with Crippen LogP contribution in [0.25, 0.3) is 10.6 Å². The number of hydrogen-bond acceptors (Lipinski definition) is 5. The van der Waals surface area contributed by atoms with Crippen LogP contribution in [-0.2, 0) is 0 Å². The summed E-state index contributed by atoms with van der Waals surface area (Å²) in [7, 11) is 0. The van der Waals surface area contributed by atoms with Gasteiger partial charge in [0.25, 0.3) is 5.91 Å². The quantitative estimate of drug-likeness (QED) is 0.908. The molecule has 0 saturated heterocycles. The van der Waals surface area contributed by atoms with E-state index in [2.05, 4.69) is 10.3 Å². The molecule has 3 rings (SSSR count). The lowest BCUT2D eigenvalue weighted by atomic mass is 9.85. The minimum Gasteiger partial charge on any atom is -0.388 e. The fourth-order valence-electron chi connectivity index (χ4n) is 2.62. The maximum atomic E-state index is 12.1. The van der Waals surface area contributed by atoms with Crippen molar-refractivity contribution in [2.75, 3.05) is 6.54 Å². The lowest BCUT2D eigenvalue weighted by Gasteiger charge is -2.31. The van der Waals surface area contributed by atoms with E-state index in [1.165, 1.54) is 17.8 Å². The van der Waals surface area contributed by atoms with Crippen LogP contribution in [0.4, 0.5) is 0 Å². The zero-order valence-corrected chi connectivity index (χ0v) is 13.3. The second kappa shape index (κ2) is 6.25. The number of aromatic nitrogens is 1. The van der Waals surface area contributed by atoms with Gasteiger partial charge in [-0.3, -0.25) is 4.79 Å². The van der Waals surface area contributed by atoms with Gasteiger partial charge >= 0.3 is 0 Å². The highest BCUT2D eigenvalue weighted by Gasteiger charge is 2.29. The number of hydrogen-bond donors (Lipinski definition) is 2. The van der Waals surface area contributed by atoms with E-state index in [0.29, 0.717) is 12.2 Å². The smallest absolute Gasteiger partial charge is 0.270 e. The number of thiophene rings is 1. The molecule has 1 aliphatic rings. The number of amides is 1. The first kappa shape index (κ1) is 14.7. The Labute approximate surface area is 131 Å². The molecule has 1 aliphatic carbocycles. The van der Waals surface area contributed by atoms with Gasteiger partial charge in [-0.15, -0.1) is 11.3 Å².